The van der Waals surface area contributed by atoms with Gasteiger partial charge in [-0.25, -0.2) is 9.80 Å². The zero-order valence-electron chi connectivity index (χ0n) is 20.7. The lowest BCUT2D eigenvalue weighted by Crippen LogP contribution is -2.32. The standard InChI is InChI=1S/C23H19F6N7O5/c24-22(25,26)15-8-14(9-16(10-15)23(27,28)29)18-12-33(32-31-18)6-2-1-3-7-34-19(37)13-35(21(34)38)30-11-17-4-5-20(41-17)36(39)40/h4-5,8-12H,1-3,6-7,13H2/b30-11+. The number of hydrazone groups is 1. The molecule has 12 nitrogen and oxygen atoms in total. The fourth-order valence-electron chi connectivity index (χ4n) is 3.84. The van der Waals surface area contributed by atoms with Gasteiger partial charge in [-0.05, 0) is 43.5 Å². The van der Waals surface area contributed by atoms with Crippen molar-refractivity contribution < 1.29 is 45.3 Å². The molecule has 1 aromatic carbocycles. The van der Waals surface area contributed by atoms with Gasteiger partial charge in [-0.1, -0.05) is 5.21 Å². The first kappa shape index (κ1) is 29.2. The first-order chi connectivity index (χ1) is 19.2. The van der Waals surface area contributed by atoms with E-state index in [9.17, 15) is 46.0 Å². The summed E-state index contributed by atoms with van der Waals surface area (Å²) in [6, 6.07) is 2.87. The Morgan fingerprint density at radius 1 is 1.00 bits per heavy atom. The van der Waals surface area contributed by atoms with Gasteiger partial charge in [0, 0.05) is 18.7 Å². The monoisotopic (exact) mass is 587 g/mol. The highest BCUT2D eigenvalue weighted by Gasteiger charge is 2.37. The second-order valence-electron chi connectivity index (χ2n) is 8.79. The number of hydrogen-bond acceptors (Lipinski definition) is 8. The Hall–Kier alpha value is -4.77. The fourth-order valence-corrected chi connectivity index (χ4v) is 3.84. The number of alkyl halides is 6. The van der Waals surface area contributed by atoms with Gasteiger partial charge in [0.05, 0.1) is 29.6 Å². The van der Waals surface area contributed by atoms with Crippen LogP contribution in [0.3, 0.4) is 0 Å². The van der Waals surface area contributed by atoms with Crippen LogP contribution in [0.4, 0.5) is 37.0 Å². The summed E-state index contributed by atoms with van der Waals surface area (Å²) in [5.41, 5.74) is -3.48. The van der Waals surface area contributed by atoms with E-state index in [4.69, 9.17) is 4.42 Å². The lowest BCUT2D eigenvalue weighted by atomic mass is 10.0. The molecule has 0 spiro atoms. The average molecular weight is 587 g/mol. The molecule has 0 aliphatic carbocycles. The number of benzene rings is 1. The number of carbonyl (C=O) groups is 2. The fraction of sp³-hybridized carbons (Fsp3) is 0.348. The maximum Gasteiger partial charge on any atom is 0.433 e. The number of hydrogen-bond donors (Lipinski definition) is 0. The van der Waals surface area contributed by atoms with Gasteiger partial charge in [0.2, 0.25) is 0 Å². The number of furan rings is 1. The van der Waals surface area contributed by atoms with Crippen molar-refractivity contribution in [2.24, 2.45) is 5.10 Å². The lowest BCUT2D eigenvalue weighted by Gasteiger charge is -2.13. The minimum absolute atomic E-state index is 0.0144. The van der Waals surface area contributed by atoms with E-state index in [1.165, 1.54) is 16.9 Å². The topological polar surface area (TPSA) is 140 Å². The molecule has 3 heterocycles. The molecule has 3 amide bonds. The quantitative estimate of drug-likeness (QED) is 0.0816. The first-order valence-electron chi connectivity index (χ1n) is 11.8. The molecule has 41 heavy (non-hydrogen) atoms. The van der Waals surface area contributed by atoms with Crippen molar-refractivity contribution in [1.29, 1.82) is 0 Å². The van der Waals surface area contributed by atoms with Crippen LogP contribution in [0.25, 0.3) is 11.3 Å². The normalized spacial score (nSPS) is 14.6. The Balaban J connectivity index is 1.28. The van der Waals surface area contributed by atoms with Gasteiger partial charge in [-0.2, -0.15) is 31.4 Å². The second kappa shape index (κ2) is 11.4. The molecule has 218 valence electrons. The summed E-state index contributed by atoms with van der Waals surface area (Å²) in [5, 5.41) is 22.8. The molecule has 4 rings (SSSR count). The smallest absolute Gasteiger partial charge is 0.400 e. The molecule has 0 radical (unpaired) electrons. The van der Waals surface area contributed by atoms with Crippen molar-refractivity contribution in [3.8, 4) is 11.3 Å². The number of halogens is 6. The van der Waals surface area contributed by atoms with Gasteiger partial charge in [-0.3, -0.25) is 24.5 Å². The molecule has 1 saturated heterocycles. The highest BCUT2D eigenvalue weighted by Crippen LogP contribution is 2.38. The van der Waals surface area contributed by atoms with E-state index < -0.39 is 46.2 Å². The van der Waals surface area contributed by atoms with Crippen molar-refractivity contribution in [3.05, 3.63) is 63.5 Å². The van der Waals surface area contributed by atoms with E-state index in [-0.39, 0.29) is 42.7 Å². The molecule has 1 aliphatic rings. The van der Waals surface area contributed by atoms with Crippen molar-refractivity contribution >= 4 is 24.0 Å². The highest BCUT2D eigenvalue weighted by molar-refractivity contribution is 6.02. The van der Waals surface area contributed by atoms with Crippen molar-refractivity contribution in [2.45, 2.75) is 38.2 Å². The number of amides is 3. The van der Waals surface area contributed by atoms with Crippen LogP contribution in [0.2, 0.25) is 0 Å². The van der Waals surface area contributed by atoms with Crippen LogP contribution in [0.5, 0.6) is 0 Å². The Bertz CT molecular complexity index is 1450. The maximum absolute atomic E-state index is 13.1. The van der Waals surface area contributed by atoms with Gasteiger partial charge >= 0.3 is 24.3 Å². The van der Waals surface area contributed by atoms with Crippen LogP contribution in [0.15, 0.2) is 46.0 Å². The number of aromatic nitrogens is 3. The molecule has 1 fully saturated rings. The zero-order chi connectivity index (χ0) is 29.9. The van der Waals surface area contributed by atoms with Gasteiger partial charge in [0.25, 0.3) is 5.91 Å². The summed E-state index contributed by atoms with van der Waals surface area (Å²) in [6.45, 7) is -0.0277. The minimum Gasteiger partial charge on any atom is -0.400 e. The number of rotatable bonds is 10. The van der Waals surface area contributed by atoms with Gasteiger partial charge in [0.1, 0.15) is 17.2 Å². The number of unbranched alkanes of at least 4 members (excludes halogenated alkanes) is 2. The molecule has 0 N–H and O–H groups in total. The van der Waals surface area contributed by atoms with Crippen LogP contribution in [0, 0.1) is 10.1 Å². The van der Waals surface area contributed by atoms with Crippen molar-refractivity contribution in [2.75, 3.05) is 13.1 Å². The predicted octanol–water partition coefficient (Wildman–Crippen LogP) is 4.95. The Morgan fingerprint density at radius 3 is 2.27 bits per heavy atom. The molecule has 0 bridgehead atoms. The SMILES string of the molecule is O=C1CN(/N=C/c2ccc([N+](=O)[O-])o2)C(=O)N1CCCCCn1cc(-c2cc(C(F)(F)F)cc(C(F)(F)F)c2)nn1. The third-order valence-corrected chi connectivity index (χ3v) is 5.85. The van der Waals surface area contributed by atoms with E-state index in [0.717, 1.165) is 22.2 Å². The van der Waals surface area contributed by atoms with Crippen molar-refractivity contribution in [1.82, 2.24) is 24.9 Å². The van der Waals surface area contributed by atoms with Gasteiger partial charge in [-0.15, -0.1) is 5.10 Å². The lowest BCUT2D eigenvalue weighted by molar-refractivity contribution is -0.402. The highest BCUT2D eigenvalue weighted by atomic mass is 19.4. The summed E-state index contributed by atoms with van der Waals surface area (Å²) in [7, 11) is 0. The molecule has 3 aromatic rings. The Kier molecular flexibility index (Phi) is 8.11. The van der Waals surface area contributed by atoms with Crippen LogP contribution in [-0.2, 0) is 23.7 Å². The molecule has 18 heteroatoms. The van der Waals surface area contributed by atoms with Crippen LogP contribution in [-0.4, -0.2) is 61.1 Å². The van der Waals surface area contributed by atoms with Crippen molar-refractivity contribution in [3.63, 3.8) is 0 Å². The molecular weight excluding hydrogens is 568 g/mol. The first-order valence-corrected chi connectivity index (χ1v) is 11.8. The van der Waals surface area contributed by atoms with Gasteiger partial charge < -0.3 is 4.42 Å². The predicted molar refractivity (Wildman–Crippen MR) is 126 cm³/mol. The number of carbonyl (C=O) groups excluding carboxylic acids is 2. The van der Waals surface area contributed by atoms with E-state index in [1.54, 1.807) is 0 Å². The molecule has 2 aromatic heterocycles. The maximum atomic E-state index is 13.1. The van der Waals surface area contributed by atoms with E-state index in [2.05, 4.69) is 15.4 Å². The molecule has 1 aliphatic heterocycles. The summed E-state index contributed by atoms with van der Waals surface area (Å²) < 4.78 is 84.9. The third-order valence-electron chi connectivity index (χ3n) is 5.85. The minimum atomic E-state index is -4.99. The molecule has 0 atom stereocenters. The molecule has 0 saturated carbocycles. The number of imide groups is 1. The van der Waals surface area contributed by atoms with Crippen LogP contribution >= 0.6 is 0 Å². The van der Waals surface area contributed by atoms with Crippen LogP contribution in [0.1, 0.15) is 36.1 Å². The number of aryl methyl sites for hydroxylation is 1. The summed E-state index contributed by atoms with van der Waals surface area (Å²) >= 11 is 0. The zero-order valence-corrected chi connectivity index (χ0v) is 20.7. The summed E-state index contributed by atoms with van der Waals surface area (Å²) in [4.78, 5) is 35.6. The average Bonchev–Trinajstić information content (AvgIpc) is 3.62. The third kappa shape index (κ3) is 7.06. The number of urea groups is 1. The summed E-state index contributed by atoms with van der Waals surface area (Å²) in [6.07, 6.45) is -6.35. The largest absolute Gasteiger partial charge is 0.433 e. The van der Waals surface area contributed by atoms with E-state index in [1.807, 2.05) is 0 Å². The molecular formula is C23H19F6N7O5. The number of nitrogens with zero attached hydrogens (tertiary/aromatic N) is 7. The molecule has 0 unspecified atom stereocenters. The Morgan fingerprint density at radius 2 is 1.66 bits per heavy atom. The van der Waals surface area contributed by atoms with E-state index >= 15 is 0 Å². The summed E-state index contributed by atoms with van der Waals surface area (Å²) in [5.74, 6) is -0.997. The Labute approximate surface area is 225 Å². The van der Waals surface area contributed by atoms with Crippen LogP contribution < -0.4 is 0 Å². The van der Waals surface area contributed by atoms with E-state index in [0.29, 0.717) is 31.4 Å². The van der Waals surface area contributed by atoms with Gasteiger partial charge in [0.15, 0.2) is 5.76 Å². The number of nitro groups is 1. The second-order valence-corrected chi connectivity index (χ2v) is 8.79.